The molecule has 1 aliphatic heterocycles. The molecule has 4 aromatic rings. The van der Waals surface area contributed by atoms with Crippen molar-refractivity contribution >= 4 is 5.69 Å². The van der Waals surface area contributed by atoms with Crippen LogP contribution < -0.4 is 9.64 Å². The van der Waals surface area contributed by atoms with Crippen LogP contribution in [0.2, 0.25) is 0 Å². The molecular weight excluding hydrogens is 487 g/mol. The van der Waals surface area contributed by atoms with Crippen LogP contribution in [0.1, 0.15) is 19.5 Å². The zero-order valence-corrected chi connectivity index (χ0v) is 20.8. The SMILES string of the molecule is COc1ccc(-c2nc(-c3ccc(-c4nc(C(F)(F)F)cn4C)cc3)no2)c(N2CC(C)OC(C)C2)c1. The molecule has 1 saturated heterocycles. The summed E-state index contributed by atoms with van der Waals surface area (Å²) < 4.78 is 57.4. The molecular formula is C26H26F3N5O3. The van der Waals surface area contributed by atoms with Crippen LogP contribution >= 0.6 is 0 Å². The third-order valence-electron chi connectivity index (χ3n) is 6.19. The van der Waals surface area contributed by atoms with Gasteiger partial charge in [-0.15, -0.1) is 0 Å². The summed E-state index contributed by atoms with van der Waals surface area (Å²) in [6.07, 6.45) is -3.41. The van der Waals surface area contributed by atoms with Crippen LogP contribution in [0.5, 0.6) is 5.75 Å². The largest absolute Gasteiger partial charge is 0.497 e. The Hall–Kier alpha value is -3.86. The molecule has 0 saturated carbocycles. The van der Waals surface area contributed by atoms with E-state index < -0.39 is 11.9 Å². The average molecular weight is 514 g/mol. The Labute approximate surface area is 211 Å². The Kier molecular flexibility index (Phi) is 6.40. The maximum absolute atomic E-state index is 13.0. The molecule has 11 heteroatoms. The molecule has 0 N–H and O–H groups in total. The number of benzene rings is 2. The van der Waals surface area contributed by atoms with Gasteiger partial charge in [0.05, 0.1) is 30.6 Å². The van der Waals surface area contributed by atoms with Crippen molar-refractivity contribution in [1.29, 1.82) is 0 Å². The minimum absolute atomic E-state index is 0.0606. The molecule has 0 aliphatic carbocycles. The molecule has 8 nitrogen and oxygen atoms in total. The van der Waals surface area contributed by atoms with Crippen molar-refractivity contribution in [2.24, 2.45) is 7.05 Å². The lowest BCUT2D eigenvalue weighted by molar-refractivity contribution is -0.140. The predicted molar refractivity (Wildman–Crippen MR) is 131 cm³/mol. The number of anilines is 1. The van der Waals surface area contributed by atoms with Crippen molar-refractivity contribution in [3.8, 4) is 40.0 Å². The van der Waals surface area contributed by atoms with E-state index in [1.54, 1.807) is 31.4 Å². The second kappa shape index (κ2) is 9.55. The van der Waals surface area contributed by atoms with E-state index in [1.807, 2.05) is 32.0 Å². The van der Waals surface area contributed by atoms with Gasteiger partial charge in [-0.2, -0.15) is 18.2 Å². The van der Waals surface area contributed by atoms with Gasteiger partial charge < -0.3 is 23.5 Å². The maximum Gasteiger partial charge on any atom is 0.434 e. The topological polar surface area (TPSA) is 78.4 Å². The smallest absolute Gasteiger partial charge is 0.434 e. The summed E-state index contributed by atoms with van der Waals surface area (Å²) in [5.74, 6) is 1.64. The Morgan fingerprint density at radius 3 is 2.27 bits per heavy atom. The van der Waals surface area contributed by atoms with E-state index in [0.717, 1.165) is 17.4 Å². The van der Waals surface area contributed by atoms with Gasteiger partial charge in [0.1, 0.15) is 11.6 Å². The standard InChI is InChI=1S/C26H26F3N5O3/c1-15-12-34(13-16(2)36-15)21-11-19(35-4)9-10-20(21)25-31-23(32-37-25)17-5-7-18(8-6-17)24-30-22(14-33(24)3)26(27,28)29/h5-11,14-16H,12-13H2,1-4H3. The lowest BCUT2D eigenvalue weighted by Crippen LogP contribution is -2.45. The fourth-order valence-corrected chi connectivity index (χ4v) is 4.55. The van der Waals surface area contributed by atoms with Crippen molar-refractivity contribution in [3.05, 3.63) is 54.4 Å². The summed E-state index contributed by atoms with van der Waals surface area (Å²) in [7, 11) is 3.14. The molecule has 1 aliphatic rings. The molecule has 37 heavy (non-hydrogen) atoms. The van der Waals surface area contributed by atoms with Gasteiger partial charge in [0.15, 0.2) is 5.69 Å². The molecule has 1 fully saturated rings. The number of ether oxygens (including phenoxy) is 2. The third kappa shape index (κ3) is 5.04. The van der Waals surface area contributed by atoms with E-state index >= 15 is 0 Å². The first-order valence-corrected chi connectivity index (χ1v) is 11.8. The second-order valence-corrected chi connectivity index (χ2v) is 9.10. The van der Waals surface area contributed by atoms with Crippen LogP contribution in [0.4, 0.5) is 18.9 Å². The Balaban J connectivity index is 1.44. The van der Waals surface area contributed by atoms with E-state index in [2.05, 4.69) is 20.0 Å². The molecule has 0 amide bonds. The van der Waals surface area contributed by atoms with Gasteiger partial charge in [0.2, 0.25) is 5.82 Å². The summed E-state index contributed by atoms with van der Waals surface area (Å²) in [5, 5.41) is 4.15. The van der Waals surface area contributed by atoms with Crippen molar-refractivity contribution in [2.75, 3.05) is 25.1 Å². The number of hydrogen-bond donors (Lipinski definition) is 0. The monoisotopic (exact) mass is 513 g/mol. The Bertz CT molecular complexity index is 1390. The summed E-state index contributed by atoms with van der Waals surface area (Å²) in [4.78, 5) is 10.6. The van der Waals surface area contributed by atoms with Crippen LogP contribution in [-0.2, 0) is 18.0 Å². The Morgan fingerprint density at radius 1 is 0.973 bits per heavy atom. The van der Waals surface area contributed by atoms with Crippen molar-refractivity contribution in [1.82, 2.24) is 19.7 Å². The number of alkyl halides is 3. The maximum atomic E-state index is 13.0. The molecule has 2 atom stereocenters. The van der Waals surface area contributed by atoms with Gasteiger partial charge >= 0.3 is 6.18 Å². The van der Waals surface area contributed by atoms with Gasteiger partial charge in [-0.05, 0) is 26.0 Å². The normalized spacial score (nSPS) is 18.3. The molecule has 0 radical (unpaired) electrons. The molecule has 2 unspecified atom stereocenters. The van der Waals surface area contributed by atoms with Gasteiger partial charge in [-0.1, -0.05) is 29.4 Å². The Morgan fingerprint density at radius 2 is 1.65 bits per heavy atom. The van der Waals surface area contributed by atoms with Crippen LogP contribution in [0.25, 0.3) is 34.2 Å². The molecule has 5 rings (SSSR count). The number of rotatable bonds is 5. The number of imidazole rings is 1. The number of halogens is 3. The number of aryl methyl sites for hydroxylation is 1. The number of nitrogens with zero attached hydrogens (tertiary/aromatic N) is 5. The highest BCUT2D eigenvalue weighted by atomic mass is 19.4. The third-order valence-corrected chi connectivity index (χ3v) is 6.19. The molecule has 0 spiro atoms. The fourth-order valence-electron chi connectivity index (χ4n) is 4.55. The van der Waals surface area contributed by atoms with E-state index in [9.17, 15) is 13.2 Å². The van der Waals surface area contributed by atoms with Gasteiger partial charge in [-0.3, -0.25) is 0 Å². The van der Waals surface area contributed by atoms with E-state index in [0.29, 0.717) is 41.7 Å². The molecule has 2 aromatic carbocycles. The lowest BCUT2D eigenvalue weighted by atomic mass is 10.1. The zero-order valence-electron chi connectivity index (χ0n) is 20.8. The molecule has 0 bridgehead atoms. The predicted octanol–water partition coefficient (Wildman–Crippen LogP) is 5.45. The average Bonchev–Trinajstić information content (AvgIpc) is 3.50. The first-order valence-electron chi connectivity index (χ1n) is 11.8. The highest BCUT2D eigenvalue weighted by molar-refractivity contribution is 5.76. The second-order valence-electron chi connectivity index (χ2n) is 9.10. The van der Waals surface area contributed by atoms with Gasteiger partial charge in [0.25, 0.3) is 5.89 Å². The lowest BCUT2D eigenvalue weighted by Gasteiger charge is -2.37. The minimum Gasteiger partial charge on any atom is -0.497 e. The molecule has 194 valence electrons. The number of aromatic nitrogens is 4. The van der Waals surface area contributed by atoms with Crippen LogP contribution in [0.15, 0.2) is 53.2 Å². The summed E-state index contributed by atoms with van der Waals surface area (Å²) in [5.41, 5.74) is 1.94. The van der Waals surface area contributed by atoms with E-state index in [1.165, 1.54) is 11.6 Å². The quantitative estimate of drug-likeness (QED) is 0.351. The number of methoxy groups -OCH3 is 1. The molecule has 3 heterocycles. The fraction of sp³-hybridized carbons (Fsp3) is 0.346. The minimum atomic E-state index is -4.51. The van der Waals surface area contributed by atoms with Crippen molar-refractivity contribution < 1.29 is 27.2 Å². The van der Waals surface area contributed by atoms with E-state index in [4.69, 9.17) is 14.0 Å². The first-order chi connectivity index (χ1) is 17.6. The summed E-state index contributed by atoms with van der Waals surface area (Å²) in [6.45, 7) is 5.48. The van der Waals surface area contributed by atoms with E-state index in [-0.39, 0.29) is 18.0 Å². The van der Waals surface area contributed by atoms with Crippen molar-refractivity contribution in [3.63, 3.8) is 0 Å². The van der Waals surface area contributed by atoms with Crippen molar-refractivity contribution in [2.45, 2.75) is 32.2 Å². The number of morpholine rings is 1. The highest BCUT2D eigenvalue weighted by Crippen LogP contribution is 2.36. The van der Waals surface area contributed by atoms with Gasteiger partial charge in [0, 0.05) is 43.5 Å². The first kappa shape index (κ1) is 24.8. The van der Waals surface area contributed by atoms with Crippen LogP contribution in [0, 0.1) is 0 Å². The summed E-state index contributed by atoms with van der Waals surface area (Å²) >= 11 is 0. The summed E-state index contributed by atoms with van der Waals surface area (Å²) in [6, 6.07) is 12.5. The van der Waals surface area contributed by atoms with Crippen LogP contribution in [-0.4, -0.2) is 52.1 Å². The highest BCUT2D eigenvalue weighted by Gasteiger charge is 2.34. The molecule has 2 aromatic heterocycles. The van der Waals surface area contributed by atoms with Gasteiger partial charge in [-0.25, -0.2) is 4.98 Å². The van der Waals surface area contributed by atoms with Crippen LogP contribution in [0.3, 0.4) is 0 Å². The zero-order chi connectivity index (χ0) is 26.3. The number of hydrogen-bond acceptors (Lipinski definition) is 7.